The number of nitrogens with one attached hydrogen (secondary N) is 1. The Labute approximate surface area is 125 Å². The second-order valence-electron chi connectivity index (χ2n) is 5.28. The maximum absolute atomic E-state index is 12.1. The number of amides is 1. The average molecular weight is 293 g/mol. The molecule has 1 aliphatic carbocycles. The molecule has 2 rings (SSSR count). The van der Waals surface area contributed by atoms with Crippen molar-refractivity contribution in [3.05, 3.63) is 24.3 Å². The second-order valence-corrected chi connectivity index (χ2v) is 6.16. The Bertz CT molecular complexity index is 427. The van der Waals surface area contributed by atoms with E-state index in [0.717, 1.165) is 18.6 Å². The van der Waals surface area contributed by atoms with Gasteiger partial charge in [0.2, 0.25) is 0 Å². The summed E-state index contributed by atoms with van der Waals surface area (Å²) >= 11 is 1.69. The minimum Gasteiger partial charge on any atom is -0.481 e. The van der Waals surface area contributed by atoms with Crippen LogP contribution >= 0.6 is 11.8 Å². The first-order chi connectivity index (χ1) is 9.69. The van der Waals surface area contributed by atoms with Gasteiger partial charge in [0.1, 0.15) is 5.75 Å². The quantitative estimate of drug-likeness (QED) is 0.843. The third-order valence-electron chi connectivity index (χ3n) is 3.69. The van der Waals surface area contributed by atoms with E-state index in [1.165, 1.54) is 24.2 Å². The Hall–Kier alpha value is -1.16. The van der Waals surface area contributed by atoms with Crippen LogP contribution in [-0.4, -0.2) is 24.3 Å². The first kappa shape index (κ1) is 15.2. The standard InChI is InChI=1S/C16H23NO2S/c1-12(16(18)17-13-6-4-3-5-7-13)19-14-8-10-15(20-2)11-9-14/h8-13H,3-7H2,1-2H3,(H,17,18). The lowest BCUT2D eigenvalue weighted by molar-refractivity contribution is -0.128. The molecule has 0 radical (unpaired) electrons. The van der Waals surface area contributed by atoms with Crippen molar-refractivity contribution < 1.29 is 9.53 Å². The van der Waals surface area contributed by atoms with Crippen LogP contribution in [0.3, 0.4) is 0 Å². The van der Waals surface area contributed by atoms with Gasteiger partial charge >= 0.3 is 0 Å². The maximum atomic E-state index is 12.1. The van der Waals surface area contributed by atoms with Crippen molar-refractivity contribution in [3.8, 4) is 5.75 Å². The fourth-order valence-corrected chi connectivity index (χ4v) is 2.89. The summed E-state index contributed by atoms with van der Waals surface area (Å²) in [5.74, 6) is 0.736. The SMILES string of the molecule is CSc1ccc(OC(C)C(=O)NC2CCCCC2)cc1. The number of hydrogen-bond acceptors (Lipinski definition) is 3. The van der Waals surface area contributed by atoms with Gasteiger partial charge in [-0.25, -0.2) is 0 Å². The van der Waals surface area contributed by atoms with Crippen LogP contribution in [0.25, 0.3) is 0 Å². The molecule has 1 amide bonds. The molecule has 0 saturated heterocycles. The minimum atomic E-state index is -0.447. The highest BCUT2D eigenvalue weighted by atomic mass is 32.2. The molecule has 1 aromatic rings. The van der Waals surface area contributed by atoms with Gasteiger partial charge in [-0.1, -0.05) is 19.3 Å². The number of benzene rings is 1. The van der Waals surface area contributed by atoms with Gasteiger partial charge in [-0.2, -0.15) is 0 Å². The van der Waals surface area contributed by atoms with Gasteiger partial charge in [-0.15, -0.1) is 11.8 Å². The molecule has 1 atom stereocenters. The molecule has 0 spiro atoms. The highest BCUT2D eigenvalue weighted by Crippen LogP contribution is 2.20. The van der Waals surface area contributed by atoms with Gasteiger partial charge < -0.3 is 10.1 Å². The Kier molecular flexibility index (Phi) is 5.77. The number of hydrogen-bond donors (Lipinski definition) is 1. The molecule has 1 aliphatic rings. The third-order valence-corrected chi connectivity index (χ3v) is 4.44. The van der Waals surface area contributed by atoms with Crippen molar-refractivity contribution in [1.82, 2.24) is 5.32 Å². The number of ether oxygens (including phenoxy) is 1. The lowest BCUT2D eigenvalue weighted by atomic mass is 9.95. The van der Waals surface area contributed by atoms with Gasteiger partial charge in [-0.05, 0) is 50.3 Å². The summed E-state index contributed by atoms with van der Waals surface area (Å²) in [7, 11) is 0. The number of carbonyl (C=O) groups is 1. The Morgan fingerprint density at radius 1 is 1.25 bits per heavy atom. The van der Waals surface area contributed by atoms with Gasteiger partial charge in [0.25, 0.3) is 5.91 Å². The highest BCUT2D eigenvalue weighted by Gasteiger charge is 2.20. The van der Waals surface area contributed by atoms with E-state index in [9.17, 15) is 4.79 Å². The van der Waals surface area contributed by atoms with E-state index < -0.39 is 6.10 Å². The van der Waals surface area contributed by atoms with Gasteiger partial charge in [-0.3, -0.25) is 4.79 Å². The molecule has 1 aromatic carbocycles. The van der Waals surface area contributed by atoms with Crippen molar-refractivity contribution in [2.24, 2.45) is 0 Å². The molecular formula is C16H23NO2S. The summed E-state index contributed by atoms with van der Waals surface area (Å²) in [5, 5.41) is 3.09. The highest BCUT2D eigenvalue weighted by molar-refractivity contribution is 7.98. The summed E-state index contributed by atoms with van der Waals surface area (Å²) in [6.45, 7) is 1.81. The maximum Gasteiger partial charge on any atom is 0.260 e. The van der Waals surface area contributed by atoms with Crippen LogP contribution in [0.4, 0.5) is 0 Å². The summed E-state index contributed by atoms with van der Waals surface area (Å²) in [6, 6.07) is 8.17. The van der Waals surface area contributed by atoms with Gasteiger partial charge in [0, 0.05) is 10.9 Å². The molecule has 0 aliphatic heterocycles. The Balaban J connectivity index is 1.83. The Morgan fingerprint density at radius 3 is 2.50 bits per heavy atom. The zero-order valence-corrected chi connectivity index (χ0v) is 13.0. The predicted molar refractivity (Wildman–Crippen MR) is 83.3 cm³/mol. The normalized spacial score (nSPS) is 17.5. The lowest BCUT2D eigenvalue weighted by Gasteiger charge is -2.24. The number of rotatable bonds is 5. The van der Waals surface area contributed by atoms with Crippen LogP contribution in [0.5, 0.6) is 5.75 Å². The number of carbonyl (C=O) groups excluding carboxylic acids is 1. The van der Waals surface area contributed by atoms with Crippen LogP contribution in [0.15, 0.2) is 29.2 Å². The lowest BCUT2D eigenvalue weighted by Crippen LogP contribution is -2.43. The van der Waals surface area contributed by atoms with Gasteiger partial charge in [0.15, 0.2) is 6.10 Å². The molecule has 1 saturated carbocycles. The predicted octanol–water partition coefficient (Wildman–Crippen LogP) is 3.62. The average Bonchev–Trinajstić information content (AvgIpc) is 2.49. The van der Waals surface area contributed by atoms with E-state index in [4.69, 9.17) is 4.74 Å². The second kappa shape index (κ2) is 7.58. The molecule has 110 valence electrons. The van der Waals surface area contributed by atoms with Crippen molar-refractivity contribution in [2.75, 3.05) is 6.26 Å². The third kappa shape index (κ3) is 4.44. The van der Waals surface area contributed by atoms with Crippen molar-refractivity contribution in [1.29, 1.82) is 0 Å². The van der Waals surface area contributed by atoms with E-state index in [2.05, 4.69) is 5.32 Å². The summed E-state index contributed by atoms with van der Waals surface area (Å²) in [6.07, 6.45) is 7.52. The van der Waals surface area contributed by atoms with Crippen molar-refractivity contribution >= 4 is 17.7 Å². The summed E-state index contributed by atoms with van der Waals surface area (Å²) < 4.78 is 5.70. The molecule has 1 fully saturated rings. The first-order valence-electron chi connectivity index (χ1n) is 7.30. The molecule has 0 aromatic heterocycles. The molecule has 0 heterocycles. The largest absolute Gasteiger partial charge is 0.481 e. The van der Waals surface area contributed by atoms with Crippen molar-refractivity contribution in [2.45, 2.75) is 56.1 Å². The zero-order chi connectivity index (χ0) is 14.4. The molecule has 20 heavy (non-hydrogen) atoms. The van der Waals surface area contributed by atoms with Crippen LogP contribution in [-0.2, 0) is 4.79 Å². The molecule has 3 nitrogen and oxygen atoms in total. The summed E-state index contributed by atoms with van der Waals surface area (Å²) in [5.41, 5.74) is 0. The first-order valence-corrected chi connectivity index (χ1v) is 8.52. The summed E-state index contributed by atoms with van der Waals surface area (Å²) in [4.78, 5) is 13.3. The van der Waals surface area contributed by atoms with E-state index >= 15 is 0 Å². The van der Waals surface area contributed by atoms with E-state index in [0.29, 0.717) is 6.04 Å². The Morgan fingerprint density at radius 2 is 1.90 bits per heavy atom. The molecule has 4 heteroatoms. The monoisotopic (exact) mass is 293 g/mol. The topological polar surface area (TPSA) is 38.3 Å². The van der Waals surface area contributed by atoms with E-state index in [1.807, 2.05) is 30.5 Å². The smallest absolute Gasteiger partial charge is 0.260 e. The van der Waals surface area contributed by atoms with Crippen LogP contribution < -0.4 is 10.1 Å². The zero-order valence-electron chi connectivity index (χ0n) is 12.2. The fourth-order valence-electron chi connectivity index (χ4n) is 2.48. The van der Waals surface area contributed by atoms with Gasteiger partial charge in [0.05, 0.1) is 0 Å². The minimum absolute atomic E-state index is 0.00848. The molecule has 1 N–H and O–H groups in total. The van der Waals surface area contributed by atoms with Crippen molar-refractivity contribution in [3.63, 3.8) is 0 Å². The van der Waals surface area contributed by atoms with Crippen LogP contribution in [0.1, 0.15) is 39.0 Å². The van der Waals surface area contributed by atoms with E-state index in [-0.39, 0.29) is 5.91 Å². The fraction of sp³-hybridized carbons (Fsp3) is 0.562. The molecule has 1 unspecified atom stereocenters. The van der Waals surface area contributed by atoms with Crippen LogP contribution in [0.2, 0.25) is 0 Å². The van der Waals surface area contributed by atoms with E-state index in [1.54, 1.807) is 18.7 Å². The molecule has 0 bridgehead atoms. The number of thioether (sulfide) groups is 1. The van der Waals surface area contributed by atoms with Crippen LogP contribution in [0, 0.1) is 0 Å². The molecular weight excluding hydrogens is 270 g/mol.